The van der Waals surface area contributed by atoms with Crippen molar-refractivity contribution in [3.63, 3.8) is 0 Å². The van der Waals surface area contributed by atoms with E-state index in [-0.39, 0.29) is 0 Å². The number of aromatic nitrogens is 2. The molecule has 0 unspecified atom stereocenters. The SMILES string of the molecule is CSCc1ccc(CNCCc2noc(C)n2)o1. The second-order valence-electron chi connectivity index (χ2n) is 3.96. The van der Waals surface area contributed by atoms with Gasteiger partial charge in [-0.2, -0.15) is 16.7 Å². The molecule has 2 rings (SSSR count). The molecule has 0 aliphatic heterocycles. The molecule has 5 nitrogen and oxygen atoms in total. The van der Waals surface area contributed by atoms with Gasteiger partial charge in [0.2, 0.25) is 5.89 Å². The van der Waals surface area contributed by atoms with Crippen LogP contribution >= 0.6 is 11.8 Å². The number of hydrogen-bond donors (Lipinski definition) is 1. The van der Waals surface area contributed by atoms with Crippen molar-refractivity contribution in [3.05, 3.63) is 35.4 Å². The van der Waals surface area contributed by atoms with Gasteiger partial charge >= 0.3 is 0 Å². The van der Waals surface area contributed by atoms with Crippen molar-refractivity contribution in [1.29, 1.82) is 0 Å². The van der Waals surface area contributed by atoms with Gasteiger partial charge in [-0.25, -0.2) is 0 Å². The third-order valence-corrected chi connectivity index (χ3v) is 2.97. The van der Waals surface area contributed by atoms with Crippen molar-refractivity contribution in [3.8, 4) is 0 Å². The van der Waals surface area contributed by atoms with Crippen LogP contribution in [0.5, 0.6) is 0 Å². The van der Waals surface area contributed by atoms with Crippen molar-refractivity contribution < 1.29 is 8.94 Å². The maximum absolute atomic E-state index is 5.65. The molecule has 18 heavy (non-hydrogen) atoms. The van der Waals surface area contributed by atoms with E-state index in [1.54, 1.807) is 18.7 Å². The predicted octanol–water partition coefficient (Wildman–Crippen LogP) is 2.17. The molecule has 2 aromatic rings. The lowest BCUT2D eigenvalue weighted by molar-refractivity contribution is 0.386. The summed E-state index contributed by atoms with van der Waals surface area (Å²) in [6.07, 6.45) is 2.82. The molecule has 0 amide bonds. The fourth-order valence-corrected chi connectivity index (χ4v) is 2.03. The molecule has 98 valence electrons. The van der Waals surface area contributed by atoms with E-state index < -0.39 is 0 Å². The van der Waals surface area contributed by atoms with E-state index in [1.165, 1.54) is 0 Å². The van der Waals surface area contributed by atoms with Crippen LogP contribution in [0.1, 0.15) is 23.2 Å². The highest BCUT2D eigenvalue weighted by Gasteiger charge is 2.03. The number of thioether (sulfide) groups is 1. The Morgan fingerprint density at radius 2 is 2.17 bits per heavy atom. The molecule has 0 atom stereocenters. The number of aryl methyl sites for hydroxylation is 1. The summed E-state index contributed by atoms with van der Waals surface area (Å²) in [5.41, 5.74) is 0. The Bertz CT molecular complexity index is 481. The van der Waals surface area contributed by atoms with Gasteiger partial charge in [0.25, 0.3) is 0 Å². The lowest BCUT2D eigenvalue weighted by Crippen LogP contribution is -2.16. The lowest BCUT2D eigenvalue weighted by Gasteiger charge is -1.99. The van der Waals surface area contributed by atoms with E-state index in [0.29, 0.717) is 5.89 Å². The molecule has 6 heteroatoms. The Hall–Kier alpha value is -1.27. The summed E-state index contributed by atoms with van der Waals surface area (Å²) in [6, 6.07) is 4.03. The van der Waals surface area contributed by atoms with E-state index in [4.69, 9.17) is 8.94 Å². The van der Waals surface area contributed by atoms with Gasteiger partial charge in [0, 0.05) is 19.9 Å². The van der Waals surface area contributed by atoms with Gasteiger partial charge in [-0.3, -0.25) is 0 Å². The minimum Gasteiger partial charge on any atom is -0.464 e. The maximum atomic E-state index is 5.65. The zero-order chi connectivity index (χ0) is 12.8. The molecule has 0 spiro atoms. The summed E-state index contributed by atoms with van der Waals surface area (Å²) in [5.74, 6) is 4.25. The van der Waals surface area contributed by atoms with Gasteiger partial charge in [-0.05, 0) is 18.4 Å². The smallest absolute Gasteiger partial charge is 0.223 e. The van der Waals surface area contributed by atoms with Crippen LogP contribution in [-0.2, 0) is 18.7 Å². The molecule has 0 saturated heterocycles. The molecule has 0 saturated carbocycles. The van der Waals surface area contributed by atoms with Crippen LogP contribution in [0.25, 0.3) is 0 Å². The lowest BCUT2D eigenvalue weighted by atomic mass is 10.4. The Morgan fingerprint density at radius 1 is 1.33 bits per heavy atom. The third kappa shape index (κ3) is 3.89. The summed E-state index contributed by atoms with van der Waals surface area (Å²) < 4.78 is 10.5. The summed E-state index contributed by atoms with van der Waals surface area (Å²) in [7, 11) is 0. The molecular formula is C12H17N3O2S. The highest BCUT2D eigenvalue weighted by Crippen LogP contribution is 2.13. The molecular weight excluding hydrogens is 250 g/mol. The highest BCUT2D eigenvalue weighted by atomic mass is 32.2. The number of nitrogens with zero attached hydrogens (tertiary/aromatic N) is 2. The predicted molar refractivity (Wildman–Crippen MR) is 70.4 cm³/mol. The zero-order valence-corrected chi connectivity index (χ0v) is 11.4. The minimum absolute atomic E-state index is 0.609. The summed E-state index contributed by atoms with van der Waals surface area (Å²) in [4.78, 5) is 4.14. The summed E-state index contributed by atoms with van der Waals surface area (Å²) >= 11 is 1.75. The van der Waals surface area contributed by atoms with Crippen molar-refractivity contribution in [1.82, 2.24) is 15.5 Å². The number of hydrogen-bond acceptors (Lipinski definition) is 6. The van der Waals surface area contributed by atoms with Crippen LogP contribution in [0.15, 0.2) is 21.1 Å². The Kier molecular flexibility index (Phi) is 4.83. The fraction of sp³-hybridized carbons (Fsp3) is 0.500. The van der Waals surface area contributed by atoms with Crippen LogP contribution in [-0.4, -0.2) is 22.9 Å². The Morgan fingerprint density at radius 3 is 2.89 bits per heavy atom. The molecule has 2 aromatic heterocycles. The highest BCUT2D eigenvalue weighted by molar-refractivity contribution is 7.97. The van der Waals surface area contributed by atoms with E-state index in [9.17, 15) is 0 Å². The van der Waals surface area contributed by atoms with Crippen LogP contribution < -0.4 is 5.32 Å². The van der Waals surface area contributed by atoms with Gasteiger partial charge in [0.15, 0.2) is 5.82 Å². The maximum Gasteiger partial charge on any atom is 0.223 e. The van der Waals surface area contributed by atoms with Crippen LogP contribution in [0, 0.1) is 6.92 Å². The topological polar surface area (TPSA) is 64.1 Å². The monoisotopic (exact) mass is 267 g/mol. The van der Waals surface area contributed by atoms with E-state index in [0.717, 1.165) is 42.6 Å². The van der Waals surface area contributed by atoms with Gasteiger partial charge in [0.05, 0.1) is 12.3 Å². The first-order chi connectivity index (χ1) is 8.78. The molecule has 0 aliphatic rings. The van der Waals surface area contributed by atoms with Crippen LogP contribution in [0.3, 0.4) is 0 Å². The third-order valence-electron chi connectivity index (χ3n) is 2.40. The van der Waals surface area contributed by atoms with Gasteiger partial charge in [0.1, 0.15) is 11.5 Å². The molecule has 0 radical (unpaired) electrons. The van der Waals surface area contributed by atoms with Crippen molar-refractivity contribution in [2.24, 2.45) is 0 Å². The standard InChI is InChI=1S/C12H17N3O2S/c1-9-14-12(15-17-9)5-6-13-7-10-3-4-11(16-10)8-18-2/h3-4,13H,5-8H2,1-2H3. The zero-order valence-electron chi connectivity index (χ0n) is 10.6. The second-order valence-corrected chi connectivity index (χ2v) is 4.82. The van der Waals surface area contributed by atoms with Gasteiger partial charge < -0.3 is 14.3 Å². The van der Waals surface area contributed by atoms with Gasteiger partial charge in [-0.15, -0.1) is 0 Å². The van der Waals surface area contributed by atoms with Crippen LogP contribution in [0.2, 0.25) is 0 Å². The largest absolute Gasteiger partial charge is 0.464 e. The van der Waals surface area contributed by atoms with Crippen molar-refractivity contribution in [2.75, 3.05) is 12.8 Å². The molecule has 1 N–H and O–H groups in total. The first-order valence-electron chi connectivity index (χ1n) is 5.84. The van der Waals surface area contributed by atoms with Crippen molar-refractivity contribution >= 4 is 11.8 Å². The molecule has 0 aromatic carbocycles. The normalized spacial score (nSPS) is 11.0. The second kappa shape index (κ2) is 6.61. The average Bonchev–Trinajstić information content (AvgIpc) is 2.95. The first kappa shape index (κ1) is 13.2. The molecule has 2 heterocycles. The van der Waals surface area contributed by atoms with Gasteiger partial charge in [-0.1, -0.05) is 5.16 Å². The number of furan rings is 1. The Labute approximate surface area is 110 Å². The molecule has 0 bridgehead atoms. The molecule has 0 aliphatic carbocycles. The van der Waals surface area contributed by atoms with Crippen molar-refractivity contribution in [2.45, 2.75) is 25.6 Å². The minimum atomic E-state index is 0.609. The average molecular weight is 267 g/mol. The quantitative estimate of drug-likeness (QED) is 0.776. The number of rotatable bonds is 7. The fourth-order valence-electron chi connectivity index (χ4n) is 1.59. The Balaban J connectivity index is 1.68. The van der Waals surface area contributed by atoms with E-state index in [1.807, 2.05) is 12.1 Å². The number of nitrogens with one attached hydrogen (secondary N) is 1. The summed E-state index contributed by atoms with van der Waals surface area (Å²) in [5, 5.41) is 7.13. The summed E-state index contributed by atoms with van der Waals surface area (Å²) in [6.45, 7) is 3.32. The molecule has 0 fully saturated rings. The van der Waals surface area contributed by atoms with E-state index >= 15 is 0 Å². The first-order valence-corrected chi connectivity index (χ1v) is 7.23. The van der Waals surface area contributed by atoms with E-state index in [2.05, 4.69) is 21.7 Å². The van der Waals surface area contributed by atoms with Crippen LogP contribution in [0.4, 0.5) is 0 Å².